The van der Waals surface area contributed by atoms with Gasteiger partial charge in [0.2, 0.25) is 0 Å². The number of aromatic nitrogens is 1. The van der Waals surface area contributed by atoms with E-state index in [-0.39, 0.29) is 0 Å². The van der Waals surface area contributed by atoms with E-state index in [4.69, 9.17) is 10.7 Å². The van der Waals surface area contributed by atoms with Gasteiger partial charge in [-0.05, 0) is 55.5 Å². The number of nitrogens with two attached hydrogens (primary N) is 1. The quantitative estimate of drug-likeness (QED) is 0.794. The van der Waals surface area contributed by atoms with E-state index in [0.717, 1.165) is 41.4 Å². The molecule has 3 nitrogen and oxygen atoms in total. The number of hydrogen-bond donors (Lipinski definition) is 1. The molecule has 1 aromatic carbocycles. The fourth-order valence-corrected chi connectivity index (χ4v) is 2.79. The van der Waals surface area contributed by atoms with Crippen molar-refractivity contribution in [2.24, 2.45) is 5.92 Å². The van der Waals surface area contributed by atoms with E-state index in [1.165, 1.54) is 18.4 Å². The molecular formula is C16H21N3. The average molecular weight is 255 g/mol. The first-order valence-electron chi connectivity index (χ1n) is 7.05. The van der Waals surface area contributed by atoms with Crippen molar-refractivity contribution in [3.63, 3.8) is 0 Å². The molecule has 0 atom stereocenters. The molecule has 0 bridgehead atoms. The molecule has 2 aromatic rings. The van der Waals surface area contributed by atoms with Gasteiger partial charge in [0.05, 0.1) is 5.52 Å². The number of nitrogens with zero attached hydrogens (tertiary/aromatic N) is 2. The SMILES string of the molecule is Cc1cc(N2CCC(C)CC2)nc2ccc(N)cc12. The van der Waals surface area contributed by atoms with Crippen LogP contribution in [0, 0.1) is 12.8 Å². The Morgan fingerprint density at radius 3 is 2.68 bits per heavy atom. The summed E-state index contributed by atoms with van der Waals surface area (Å²) in [4.78, 5) is 7.20. The van der Waals surface area contributed by atoms with E-state index >= 15 is 0 Å². The van der Waals surface area contributed by atoms with E-state index in [2.05, 4.69) is 24.8 Å². The number of pyridine rings is 1. The van der Waals surface area contributed by atoms with Gasteiger partial charge in [-0.25, -0.2) is 4.98 Å². The summed E-state index contributed by atoms with van der Waals surface area (Å²) in [7, 11) is 0. The Morgan fingerprint density at radius 1 is 1.21 bits per heavy atom. The second kappa shape index (κ2) is 4.72. The normalized spacial score (nSPS) is 17.1. The fourth-order valence-electron chi connectivity index (χ4n) is 2.79. The second-order valence-electron chi connectivity index (χ2n) is 5.74. The molecular weight excluding hydrogens is 234 g/mol. The average Bonchev–Trinajstić information content (AvgIpc) is 2.40. The number of nitrogen functional groups attached to an aromatic ring is 1. The third-order valence-corrected chi connectivity index (χ3v) is 4.13. The van der Waals surface area contributed by atoms with Gasteiger partial charge < -0.3 is 10.6 Å². The van der Waals surface area contributed by atoms with Crippen molar-refractivity contribution < 1.29 is 0 Å². The van der Waals surface area contributed by atoms with Crippen molar-refractivity contribution in [2.75, 3.05) is 23.7 Å². The summed E-state index contributed by atoms with van der Waals surface area (Å²) in [5.41, 5.74) is 8.95. The molecule has 3 heteroatoms. The lowest BCUT2D eigenvalue weighted by Gasteiger charge is -2.31. The van der Waals surface area contributed by atoms with Crippen LogP contribution in [0.4, 0.5) is 11.5 Å². The van der Waals surface area contributed by atoms with Gasteiger partial charge in [0.25, 0.3) is 0 Å². The lowest BCUT2D eigenvalue weighted by molar-refractivity contribution is 0.437. The van der Waals surface area contributed by atoms with Crippen LogP contribution in [0.5, 0.6) is 0 Å². The van der Waals surface area contributed by atoms with Gasteiger partial charge in [0.15, 0.2) is 0 Å². The predicted molar refractivity (Wildman–Crippen MR) is 81.5 cm³/mol. The molecule has 100 valence electrons. The summed E-state index contributed by atoms with van der Waals surface area (Å²) in [6.07, 6.45) is 2.53. The van der Waals surface area contributed by atoms with Crippen molar-refractivity contribution in [1.82, 2.24) is 4.98 Å². The summed E-state index contributed by atoms with van der Waals surface area (Å²) >= 11 is 0. The zero-order chi connectivity index (χ0) is 13.4. The van der Waals surface area contributed by atoms with Crippen molar-refractivity contribution in [1.29, 1.82) is 0 Å². The highest BCUT2D eigenvalue weighted by Crippen LogP contribution is 2.27. The summed E-state index contributed by atoms with van der Waals surface area (Å²) in [6, 6.07) is 8.15. The van der Waals surface area contributed by atoms with Crippen molar-refractivity contribution >= 4 is 22.4 Å². The number of hydrogen-bond acceptors (Lipinski definition) is 3. The molecule has 1 saturated heterocycles. The van der Waals surface area contributed by atoms with Crippen LogP contribution in [0.2, 0.25) is 0 Å². The number of benzene rings is 1. The number of aryl methyl sites for hydroxylation is 1. The molecule has 2 N–H and O–H groups in total. The lowest BCUT2D eigenvalue weighted by Crippen LogP contribution is -2.33. The van der Waals surface area contributed by atoms with E-state index in [1.807, 2.05) is 18.2 Å². The minimum atomic E-state index is 0.803. The number of piperidine rings is 1. The molecule has 0 saturated carbocycles. The first-order valence-corrected chi connectivity index (χ1v) is 7.05. The van der Waals surface area contributed by atoms with E-state index in [9.17, 15) is 0 Å². The van der Waals surface area contributed by atoms with Gasteiger partial charge in [0, 0.05) is 24.2 Å². The maximum absolute atomic E-state index is 5.85. The minimum absolute atomic E-state index is 0.803. The van der Waals surface area contributed by atoms with Gasteiger partial charge in [0.1, 0.15) is 5.82 Å². The molecule has 1 fully saturated rings. The molecule has 3 rings (SSSR count). The third kappa shape index (κ3) is 2.37. The second-order valence-corrected chi connectivity index (χ2v) is 5.74. The van der Waals surface area contributed by atoms with Crippen LogP contribution in [0.15, 0.2) is 24.3 Å². The zero-order valence-corrected chi connectivity index (χ0v) is 11.7. The number of anilines is 2. The highest BCUT2D eigenvalue weighted by molar-refractivity contribution is 5.86. The van der Waals surface area contributed by atoms with E-state index in [1.54, 1.807) is 0 Å². The first-order chi connectivity index (χ1) is 9.13. The molecule has 0 amide bonds. The first kappa shape index (κ1) is 12.3. The van der Waals surface area contributed by atoms with Gasteiger partial charge in [-0.15, -0.1) is 0 Å². The monoisotopic (exact) mass is 255 g/mol. The standard InChI is InChI=1S/C16H21N3/c1-11-5-7-19(8-6-11)16-9-12(2)14-10-13(17)3-4-15(14)18-16/h3-4,9-11H,5-8,17H2,1-2H3. The number of rotatable bonds is 1. The van der Waals surface area contributed by atoms with Gasteiger partial charge in [-0.1, -0.05) is 6.92 Å². The highest BCUT2D eigenvalue weighted by atomic mass is 15.2. The molecule has 1 aliphatic rings. The fraction of sp³-hybridized carbons (Fsp3) is 0.438. The molecule has 0 unspecified atom stereocenters. The van der Waals surface area contributed by atoms with Gasteiger partial charge in [-0.3, -0.25) is 0 Å². The van der Waals surface area contributed by atoms with Crippen molar-refractivity contribution in [3.8, 4) is 0 Å². The van der Waals surface area contributed by atoms with E-state index in [0.29, 0.717) is 0 Å². The summed E-state index contributed by atoms with van der Waals surface area (Å²) in [6.45, 7) is 6.71. The summed E-state index contributed by atoms with van der Waals surface area (Å²) in [5.74, 6) is 1.96. The minimum Gasteiger partial charge on any atom is -0.399 e. The van der Waals surface area contributed by atoms with E-state index < -0.39 is 0 Å². The Morgan fingerprint density at radius 2 is 1.95 bits per heavy atom. The Bertz CT molecular complexity index is 598. The van der Waals surface area contributed by atoms with Gasteiger partial charge >= 0.3 is 0 Å². The zero-order valence-electron chi connectivity index (χ0n) is 11.7. The summed E-state index contributed by atoms with van der Waals surface area (Å²) in [5, 5.41) is 1.16. The van der Waals surface area contributed by atoms with Crippen LogP contribution in [-0.2, 0) is 0 Å². The van der Waals surface area contributed by atoms with Crippen molar-refractivity contribution in [3.05, 3.63) is 29.8 Å². The molecule has 1 aromatic heterocycles. The predicted octanol–water partition coefficient (Wildman–Crippen LogP) is 3.36. The van der Waals surface area contributed by atoms with Crippen LogP contribution in [0.25, 0.3) is 10.9 Å². The third-order valence-electron chi connectivity index (χ3n) is 4.13. The maximum atomic E-state index is 5.85. The lowest BCUT2D eigenvalue weighted by atomic mass is 9.99. The molecule has 1 aliphatic heterocycles. The Balaban J connectivity index is 1.99. The number of fused-ring (bicyclic) bond motifs is 1. The van der Waals surface area contributed by atoms with Crippen molar-refractivity contribution in [2.45, 2.75) is 26.7 Å². The van der Waals surface area contributed by atoms with Crippen LogP contribution >= 0.6 is 0 Å². The van der Waals surface area contributed by atoms with Crippen LogP contribution < -0.4 is 10.6 Å². The topological polar surface area (TPSA) is 42.2 Å². The Hall–Kier alpha value is -1.77. The molecule has 2 heterocycles. The largest absolute Gasteiger partial charge is 0.399 e. The molecule has 0 radical (unpaired) electrons. The smallest absolute Gasteiger partial charge is 0.129 e. The molecule has 0 aliphatic carbocycles. The highest BCUT2D eigenvalue weighted by Gasteiger charge is 2.17. The van der Waals surface area contributed by atoms with Crippen LogP contribution in [0.1, 0.15) is 25.3 Å². The van der Waals surface area contributed by atoms with Gasteiger partial charge in [-0.2, -0.15) is 0 Å². The Labute approximate surface area is 114 Å². The van der Waals surface area contributed by atoms with Crippen LogP contribution in [0.3, 0.4) is 0 Å². The Kier molecular flexibility index (Phi) is 3.05. The van der Waals surface area contributed by atoms with Crippen LogP contribution in [-0.4, -0.2) is 18.1 Å². The maximum Gasteiger partial charge on any atom is 0.129 e. The summed E-state index contributed by atoms with van der Waals surface area (Å²) < 4.78 is 0. The molecule has 19 heavy (non-hydrogen) atoms. The molecule has 0 spiro atoms.